The number of aryl methyl sites for hydroxylation is 1. The van der Waals surface area contributed by atoms with Crippen LogP contribution in [0.5, 0.6) is 5.75 Å². The molecule has 0 fully saturated rings. The molecule has 28 heavy (non-hydrogen) atoms. The number of rotatable bonds is 6. The monoisotopic (exact) mass is 417 g/mol. The van der Waals surface area contributed by atoms with Gasteiger partial charge in [0.05, 0.1) is 21.1 Å². The average Bonchev–Trinajstić information content (AvgIpc) is 2.66. The molecule has 3 rings (SSSR count). The van der Waals surface area contributed by atoms with Gasteiger partial charge in [-0.15, -0.1) is 0 Å². The zero-order chi connectivity index (χ0) is 20.3. The van der Waals surface area contributed by atoms with Gasteiger partial charge in [-0.2, -0.15) is 0 Å². The van der Waals surface area contributed by atoms with Gasteiger partial charge in [-0.3, -0.25) is 4.98 Å². The molecule has 0 aliphatic carbocycles. The quantitative estimate of drug-likeness (QED) is 0.461. The summed E-state index contributed by atoms with van der Waals surface area (Å²) in [5.41, 5.74) is 2.35. The summed E-state index contributed by atoms with van der Waals surface area (Å²) in [6.07, 6.45) is 8.24. The Kier molecular flexibility index (Phi) is 6.17. The van der Waals surface area contributed by atoms with Crippen LogP contribution in [-0.4, -0.2) is 9.97 Å². The predicted octanol–water partition coefficient (Wildman–Crippen LogP) is 6.45. The van der Waals surface area contributed by atoms with Crippen molar-refractivity contribution in [3.63, 3.8) is 0 Å². The van der Waals surface area contributed by atoms with Crippen LogP contribution in [0, 0.1) is 12.7 Å². The van der Waals surface area contributed by atoms with Gasteiger partial charge in [-0.1, -0.05) is 35.9 Å². The fourth-order valence-electron chi connectivity index (χ4n) is 2.83. The van der Waals surface area contributed by atoms with E-state index >= 15 is 0 Å². The van der Waals surface area contributed by atoms with E-state index in [1.165, 1.54) is 18.5 Å². The first-order valence-electron chi connectivity index (χ1n) is 8.50. The summed E-state index contributed by atoms with van der Waals surface area (Å²) in [6, 6.07) is 4.70. The molecule has 0 saturated heterocycles. The van der Waals surface area contributed by atoms with Crippen molar-refractivity contribution in [1.82, 2.24) is 9.97 Å². The maximum atomic E-state index is 14.8. The predicted molar refractivity (Wildman–Crippen MR) is 113 cm³/mol. The Morgan fingerprint density at radius 1 is 1.25 bits per heavy atom. The number of pyridine rings is 2. The molecule has 0 bridgehead atoms. The Morgan fingerprint density at radius 3 is 2.61 bits per heavy atom. The highest BCUT2D eigenvalue weighted by Crippen LogP contribution is 2.35. The average molecular weight is 418 g/mol. The van der Waals surface area contributed by atoms with Crippen molar-refractivity contribution in [1.29, 1.82) is 0 Å². The number of halogens is 3. The number of benzene rings is 1. The van der Waals surface area contributed by atoms with Gasteiger partial charge in [-0.25, -0.2) is 9.37 Å². The lowest BCUT2D eigenvalue weighted by molar-refractivity contribution is 0.309. The molecule has 0 aliphatic heterocycles. The number of anilines is 1. The summed E-state index contributed by atoms with van der Waals surface area (Å²) in [4.78, 5) is 10.2. The first-order valence-corrected chi connectivity index (χ1v) is 9.26. The molecule has 0 spiro atoms. The second kappa shape index (κ2) is 8.59. The minimum Gasteiger partial charge on any atom is -0.487 e. The fraction of sp³-hybridized carbons (Fsp3) is 0.143. The van der Waals surface area contributed by atoms with E-state index in [9.17, 15) is 4.39 Å². The van der Waals surface area contributed by atoms with Crippen LogP contribution in [-0.2, 0) is 6.61 Å². The summed E-state index contributed by atoms with van der Waals surface area (Å²) >= 11 is 12.3. The van der Waals surface area contributed by atoms with Gasteiger partial charge in [0.2, 0.25) is 0 Å². The molecule has 0 amide bonds. The van der Waals surface area contributed by atoms with Gasteiger partial charge in [-0.05, 0) is 32.0 Å². The molecule has 1 aromatic carbocycles. The maximum Gasteiger partial charge on any atom is 0.146 e. The van der Waals surface area contributed by atoms with Crippen molar-refractivity contribution in [2.75, 3.05) is 4.90 Å². The lowest BCUT2D eigenvalue weighted by Crippen LogP contribution is -2.09. The molecular formula is C21H18Cl2FN3O. The molecular weight excluding hydrogens is 400 g/mol. The summed E-state index contributed by atoms with van der Waals surface area (Å²) in [6.45, 7) is 7.62. The van der Waals surface area contributed by atoms with E-state index < -0.39 is 5.82 Å². The summed E-state index contributed by atoms with van der Waals surface area (Å²) < 4.78 is 20.7. The molecule has 0 N–H and O–H groups in total. The van der Waals surface area contributed by atoms with Crippen molar-refractivity contribution in [2.24, 2.45) is 0 Å². The largest absolute Gasteiger partial charge is 0.487 e. The molecule has 0 atom stereocenters. The highest BCUT2D eigenvalue weighted by Gasteiger charge is 2.17. The molecule has 4 nitrogen and oxygen atoms in total. The lowest BCUT2D eigenvalue weighted by Gasteiger charge is -2.20. The fourth-order valence-corrected chi connectivity index (χ4v) is 3.30. The lowest BCUT2D eigenvalue weighted by atomic mass is 10.1. The second-order valence-corrected chi connectivity index (χ2v) is 6.81. The van der Waals surface area contributed by atoms with Crippen LogP contribution in [0.3, 0.4) is 0 Å². The number of aromatic nitrogens is 2. The van der Waals surface area contributed by atoms with E-state index in [-0.39, 0.29) is 6.61 Å². The highest BCUT2D eigenvalue weighted by molar-refractivity contribution is 6.35. The van der Waals surface area contributed by atoms with E-state index in [2.05, 4.69) is 16.5 Å². The van der Waals surface area contributed by atoms with Gasteiger partial charge in [0.25, 0.3) is 0 Å². The van der Waals surface area contributed by atoms with E-state index in [0.29, 0.717) is 43.6 Å². The van der Waals surface area contributed by atoms with Gasteiger partial charge >= 0.3 is 0 Å². The smallest absolute Gasteiger partial charge is 0.146 e. The van der Waals surface area contributed by atoms with Crippen molar-refractivity contribution in [3.8, 4) is 5.75 Å². The third kappa shape index (κ3) is 3.96. The van der Waals surface area contributed by atoms with E-state index in [1.807, 2.05) is 19.9 Å². The third-order valence-corrected chi connectivity index (χ3v) is 4.74. The molecule has 2 heterocycles. The molecule has 2 aromatic heterocycles. The third-order valence-electron chi connectivity index (χ3n) is 4.09. The topological polar surface area (TPSA) is 38.2 Å². The van der Waals surface area contributed by atoms with Crippen LogP contribution < -0.4 is 9.64 Å². The van der Waals surface area contributed by atoms with Gasteiger partial charge in [0.1, 0.15) is 23.7 Å². The zero-order valence-corrected chi connectivity index (χ0v) is 16.9. The molecule has 3 aromatic rings. The van der Waals surface area contributed by atoms with Crippen molar-refractivity contribution >= 4 is 39.8 Å². The maximum absolute atomic E-state index is 14.8. The van der Waals surface area contributed by atoms with Gasteiger partial charge < -0.3 is 9.64 Å². The number of nitrogens with zero attached hydrogens (tertiary/aromatic N) is 3. The van der Waals surface area contributed by atoms with E-state index in [4.69, 9.17) is 27.9 Å². The Labute approximate surface area is 172 Å². The molecule has 0 saturated carbocycles. The first kappa shape index (κ1) is 20.1. The molecule has 0 radical (unpaired) electrons. The standard InChI is InChI=1S/C21H18Cl2FN3O/c1-4-8-27(5-2)18-9-13(3)26-21-19(7-6-17(24)20(18)21)28-12-14-15(22)10-25-11-16(14)23/h4-11H,2,12H2,1,3H3/b8-4-. The number of fused-ring (bicyclic) bond motifs is 1. The number of allylic oxidation sites excluding steroid dienone is 1. The summed E-state index contributed by atoms with van der Waals surface area (Å²) in [5.74, 6) is 0.0240. The molecule has 144 valence electrons. The Bertz CT molecular complexity index is 1050. The zero-order valence-electron chi connectivity index (χ0n) is 15.4. The molecule has 7 heteroatoms. The summed E-state index contributed by atoms with van der Waals surface area (Å²) in [5, 5.41) is 1.14. The molecule has 0 unspecified atom stereocenters. The van der Waals surface area contributed by atoms with Crippen molar-refractivity contribution < 1.29 is 9.13 Å². The first-order chi connectivity index (χ1) is 13.5. The number of ether oxygens (including phenoxy) is 1. The van der Waals surface area contributed by atoms with Gasteiger partial charge in [0.15, 0.2) is 0 Å². The summed E-state index contributed by atoms with van der Waals surface area (Å²) in [7, 11) is 0. The van der Waals surface area contributed by atoms with Crippen LogP contribution in [0.4, 0.5) is 10.1 Å². The number of hydrogen-bond donors (Lipinski definition) is 0. The highest BCUT2D eigenvalue weighted by atomic mass is 35.5. The number of hydrogen-bond acceptors (Lipinski definition) is 4. The second-order valence-electron chi connectivity index (χ2n) is 5.99. The van der Waals surface area contributed by atoms with Crippen LogP contribution in [0.2, 0.25) is 10.0 Å². The normalized spacial score (nSPS) is 11.2. The minimum atomic E-state index is -0.402. The SMILES string of the molecule is C=CN(/C=C\C)c1cc(C)nc2c(OCc3c(Cl)cncc3Cl)ccc(F)c12. The van der Waals surface area contributed by atoms with E-state index in [1.54, 1.807) is 29.4 Å². The van der Waals surface area contributed by atoms with Gasteiger partial charge in [0, 0.05) is 36.1 Å². The van der Waals surface area contributed by atoms with Crippen LogP contribution >= 0.6 is 23.2 Å². The Hall–Kier alpha value is -2.63. The van der Waals surface area contributed by atoms with E-state index in [0.717, 1.165) is 0 Å². The van der Waals surface area contributed by atoms with Crippen LogP contribution in [0.15, 0.2) is 55.6 Å². The molecule has 0 aliphatic rings. The Balaban J connectivity index is 2.11. The minimum absolute atomic E-state index is 0.103. The van der Waals surface area contributed by atoms with Crippen LogP contribution in [0.25, 0.3) is 10.9 Å². The van der Waals surface area contributed by atoms with Crippen molar-refractivity contribution in [3.05, 3.63) is 82.8 Å². The Morgan fingerprint density at radius 2 is 1.96 bits per heavy atom. The van der Waals surface area contributed by atoms with Crippen LogP contribution in [0.1, 0.15) is 18.2 Å². The van der Waals surface area contributed by atoms with Crippen molar-refractivity contribution in [2.45, 2.75) is 20.5 Å².